The first kappa shape index (κ1) is 14.2. The summed E-state index contributed by atoms with van der Waals surface area (Å²) in [4.78, 5) is 21.2. The maximum absolute atomic E-state index is 10.8. The maximum atomic E-state index is 10.8. The largest absolute Gasteiger partial charge is 0.503 e. The Morgan fingerprint density at radius 1 is 1.60 bits per heavy atom. The minimum absolute atomic E-state index is 0. The summed E-state index contributed by atoms with van der Waals surface area (Å²) in [7, 11) is 0. The molecule has 0 unspecified atom stereocenters. The Balaban J connectivity index is 0.00000196. The van der Waals surface area contributed by atoms with Gasteiger partial charge in [0.05, 0.1) is 0 Å². The van der Waals surface area contributed by atoms with Crippen molar-refractivity contribution in [1.82, 2.24) is 4.57 Å². The van der Waals surface area contributed by atoms with Crippen molar-refractivity contribution >= 4 is 35.5 Å². The second-order valence-corrected chi connectivity index (χ2v) is 2.84. The number of aromatic hydroxyl groups is 1. The molecule has 4 N–H and O–H groups in total. The number of nitrogens with two attached hydrogens (primary N) is 1. The summed E-state index contributed by atoms with van der Waals surface area (Å²) < 4.78 is 1.34. The van der Waals surface area contributed by atoms with Crippen LogP contribution >= 0.6 is 0 Å². The predicted octanol–water partition coefficient (Wildman–Crippen LogP) is -1.41. The van der Waals surface area contributed by atoms with Crippen LogP contribution < -0.4 is 11.2 Å². The van der Waals surface area contributed by atoms with Gasteiger partial charge in [0, 0.05) is 54.6 Å². The van der Waals surface area contributed by atoms with Gasteiger partial charge >= 0.3 is 5.97 Å². The van der Waals surface area contributed by atoms with Crippen LogP contribution in [0.4, 0.5) is 0 Å². The van der Waals surface area contributed by atoms with Crippen molar-refractivity contribution in [2.45, 2.75) is 12.6 Å². The fourth-order valence-electron chi connectivity index (χ4n) is 0.931. The third kappa shape index (κ3) is 4.05. The van der Waals surface area contributed by atoms with E-state index in [1.807, 2.05) is 0 Å². The topological polar surface area (TPSA) is 106 Å². The molecule has 0 aromatic carbocycles. The van der Waals surface area contributed by atoms with Gasteiger partial charge in [-0.25, -0.2) is 0 Å². The summed E-state index contributed by atoms with van der Waals surface area (Å²) in [6.07, 6.45) is 2.51. The Kier molecular flexibility index (Phi) is 5.59. The molecule has 1 atom stereocenters. The number of carboxylic acids is 1. The summed E-state index contributed by atoms with van der Waals surface area (Å²) in [6, 6.07) is 0.0843. The van der Waals surface area contributed by atoms with E-state index in [1.165, 1.54) is 10.8 Å². The Hall–Kier alpha value is -0.820. The fraction of sp³-hybridized carbons (Fsp3) is 0.250. The SMILES string of the molecule is N[C@@H](Cn1ccc(=O)c(O)c1)C(=O)O.[Na]. The predicted molar refractivity (Wildman–Crippen MR) is 53.7 cm³/mol. The normalized spacial score (nSPS) is 11.5. The van der Waals surface area contributed by atoms with Crippen molar-refractivity contribution in [1.29, 1.82) is 0 Å². The summed E-state index contributed by atoms with van der Waals surface area (Å²) >= 11 is 0. The third-order valence-electron chi connectivity index (χ3n) is 1.68. The van der Waals surface area contributed by atoms with Gasteiger partial charge in [-0.1, -0.05) is 0 Å². The van der Waals surface area contributed by atoms with Crippen LogP contribution in [0, 0.1) is 0 Å². The Morgan fingerprint density at radius 2 is 2.20 bits per heavy atom. The molecule has 15 heavy (non-hydrogen) atoms. The van der Waals surface area contributed by atoms with Crippen molar-refractivity contribution in [3.05, 3.63) is 28.7 Å². The minimum atomic E-state index is -1.14. The standard InChI is InChI=1S/C8H10N2O4.Na/c9-5(8(13)14)3-10-2-1-6(11)7(12)4-10;/h1-2,4-5,12H,3,9H2,(H,13,14);/t5-;/m0./s1. The van der Waals surface area contributed by atoms with Crippen molar-refractivity contribution in [3.63, 3.8) is 0 Å². The van der Waals surface area contributed by atoms with Crippen LogP contribution in [-0.4, -0.2) is 56.3 Å². The number of carboxylic acid groups (broad SMARTS) is 1. The fourth-order valence-corrected chi connectivity index (χ4v) is 0.931. The van der Waals surface area contributed by atoms with Gasteiger partial charge in [0.25, 0.3) is 0 Å². The van der Waals surface area contributed by atoms with Gasteiger partial charge in [-0.15, -0.1) is 0 Å². The molecule has 0 aliphatic heterocycles. The number of hydrogen-bond donors (Lipinski definition) is 3. The molecule has 1 heterocycles. The molecule has 77 valence electrons. The van der Waals surface area contributed by atoms with Crippen LogP contribution in [0.25, 0.3) is 0 Å². The van der Waals surface area contributed by atoms with Gasteiger partial charge in [0.2, 0.25) is 5.43 Å². The first-order chi connectivity index (χ1) is 6.50. The molecule has 6 nitrogen and oxygen atoms in total. The molecule has 7 heteroatoms. The van der Waals surface area contributed by atoms with Crippen LogP contribution in [0.1, 0.15) is 0 Å². The molecular formula is C8H10N2NaO4. The second kappa shape index (κ2) is 5.92. The van der Waals surface area contributed by atoms with E-state index in [-0.39, 0.29) is 36.1 Å². The number of nitrogens with zero attached hydrogens (tertiary/aromatic N) is 1. The molecule has 1 aromatic rings. The Bertz CT molecular complexity index is 404. The monoisotopic (exact) mass is 221 g/mol. The van der Waals surface area contributed by atoms with Crippen LogP contribution in [0.2, 0.25) is 0 Å². The zero-order valence-electron chi connectivity index (χ0n) is 8.25. The summed E-state index contributed by atoms with van der Waals surface area (Å²) in [5.41, 5.74) is 4.75. The van der Waals surface area contributed by atoms with E-state index in [0.29, 0.717) is 0 Å². The quantitative estimate of drug-likeness (QED) is 0.543. The van der Waals surface area contributed by atoms with Crippen LogP contribution in [0.3, 0.4) is 0 Å². The molecule has 0 aliphatic carbocycles. The summed E-state index contributed by atoms with van der Waals surface area (Å²) in [5, 5.41) is 17.5. The van der Waals surface area contributed by atoms with Gasteiger partial charge in [0.15, 0.2) is 5.75 Å². The first-order valence-corrected chi connectivity index (χ1v) is 3.88. The average Bonchev–Trinajstić information content (AvgIpc) is 2.11. The maximum Gasteiger partial charge on any atom is 0.322 e. The van der Waals surface area contributed by atoms with E-state index in [1.54, 1.807) is 0 Å². The Labute approximate surface area is 108 Å². The smallest absolute Gasteiger partial charge is 0.322 e. The van der Waals surface area contributed by atoms with Gasteiger partial charge in [-0.2, -0.15) is 0 Å². The van der Waals surface area contributed by atoms with E-state index in [0.717, 1.165) is 12.3 Å². The van der Waals surface area contributed by atoms with E-state index in [2.05, 4.69) is 0 Å². The molecule has 0 saturated carbocycles. The molecule has 1 aromatic heterocycles. The molecule has 0 aliphatic rings. The van der Waals surface area contributed by atoms with Crippen molar-refractivity contribution < 1.29 is 15.0 Å². The number of carbonyl (C=O) groups is 1. The zero-order chi connectivity index (χ0) is 10.7. The minimum Gasteiger partial charge on any atom is -0.503 e. The molecule has 0 saturated heterocycles. The molecule has 1 rings (SSSR count). The van der Waals surface area contributed by atoms with E-state index in [4.69, 9.17) is 15.9 Å². The van der Waals surface area contributed by atoms with Crippen molar-refractivity contribution in [2.75, 3.05) is 0 Å². The molecule has 0 amide bonds. The molecule has 0 bridgehead atoms. The number of aromatic nitrogens is 1. The van der Waals surface area contributed by atoms with Crippen molar-refractivity contribution in [3.8, 4) is 5.75 Å². The van der Waals surface area contributed by atoms with E-state index < -0.39 is 23.2 Å². The summed E-state index contributed by atoms with van der Waals surface area (Å²) in [6.45, 7) is 0.00315. The Morgan fingerprint density at radius 3 is 2.67 bits per heavy atom. The molecule has 0 spiro atoms. The number of rotatable bonds is 3. The number of aliphatic carboxylic acids is 1. The first-order valence-electron chi connectivity index (χ1n) is 3.88. The zero-order valence-corrected chi connectivity index (χ0v) is 10.3. The van der Waals surface area contributed by atoms with E-state index in [9.17, 15) is 9.59 Å². The second-order valence-electron chi connectivity index (χ2n) is 2.84. The molecular weight excluding hydrogens is 211 g/mol. The van der Waals surface area contributed by atoms with Gasteiger partial charge in [-0.3, -0.25) is 9.59 Å². The van der Waals surface area contributed by atoms with Gasteiger partial charge in [-0.05, 0) is 0 Å². The number of hydrogen-bond acceptors (Lipinski definition) is 4. The third-order valence-corrected chi connectivity index (χ3v) is 1.68. The summed E-state index contributed by atoms with van der Waals surface area (Å²) in [5.74, 6) is -1.56. The van der Waals surface area contributed by atoms with E-state index >= 15 is 0 Å². The molecule has 0 fully saturated rings. The van der Waals surface area contributed by atoms with Crippen LogP contribution in [0.15, 0.2) is 23.3 Å². The van der Waals surface area contributed by atoms with Crippen molar-refractivity contribution in [2.24, 2.45) is 5.73 Å². The van der Waals surface area contributed by atoms with Gasteiger partial charge in [0.1, 0.15) is 6.04 Å². The number of pyridine rings is 1. The molecule has 1 radical (unpaired) electrons. The van der Waals surface area contributed by atoms with Crippen LogP contribution in [0.5, 0.6) is 5.75 Å². The van der Waals surface area contributed by atoms with Gasteiger partial charge < -0.3 is 20.5 Å². The van der Waals surface area contributed by atoms with Crippen LogP contribution in [-0.2, 0) is 11.3 Å². The average molecular weight is 221 g/mol.